The smallest absolute Gasteiger partial charge is 0.398 e. The van der Waals surface area contributed by atoms with Crippen LogP contribution < -0.4 is 0 Å². The van der Waals surface area contributed by atoms with E-state index in [-0.39, 0.29) is 5.73 Å². The first-order valence-electron chi connectivity index (χ1n) is 7.64. The van der Waals surface area contributed by atoms with Crippen LogP contribution in [0.4, 0.5) is 4.39 Å². The molecule has 1 fully saturated rings. The van der Waals surface area contributed by atoms with Crippen LogP contribution >= 0.6 is 11.3 Å². The second-order valence-electron chi connectivity index (χ2n) is 6.34. The van der Waals surface area contributed by atoms with Gasteiger partial charge in [0.05, 0.1) is 17.8 Å². The lowest BCUT2D eigenvalue weighted by molar-refractivity contribution is 0.00578. The highest BCUT2D eigenvalue weighted by atomic mass is 32.1. The Bertz CT molecular complexity index is 510. The average Bonchev–Trinajstić information content (AvgIpc) is 3.01. The molecule has 0 spiro atoms. The van der Waals surface area contributed by atoms with Gasteiger partial charge < -0.3 is 14.0 Å². The van der Waals surface area contributed by atoms with E-state index in [1.54, 1.807) is 0 Å². The van der Waals surface area contributed by atoms with Gasteiger partial charge in [0.2, 0.25) is 0 Å². The van der Waals surface area contributed by atoms with Crippen molar-refractivity contribution in [1.82, 2.24) is 0 Å². The standard InChI is InChI=1S/C16H24BFO3S/c1-6-19-10-9-12(13-8-7-11-22-13)14(18)17-20-15(2,3)16(4,5)21-17/h7-8,11H,6,9-10H2,1-5H3. The van der Waals surface area contributed by atoms with Gasteiger partial charge in [-0.2, -0.15) is 0 Å². The molecule has 6 heteroatoms. The minimum atomic E-state index is -0.955. The molecule has 1 aromatic heterocycles. The molecule has 0 atom stereocenters. The molecular weight excluding hydrogens is 302 g/mol. The summed E-state index contributed by atoms with van der Waals surface area (Å²) in [6.07, 6.45) is 0.504. The van der Waals surface area contributed by atoms with Crippen molar-refractivity contribution in [2.45, 2.75) is 52.2 Å². The molecule has 1 aliphatic heterocycles. The van der Waals surface area contributed by atoms with E-state index in [1.165, 1.54) is 11.3 Å². The van der Waals surface area contributed by atoms with E-state index >= 15 is 4.39 Å². The van der Waals surface area contributed by atoms with Crippen molar-refractivity contribution in [1.29, 1.82) is 0 Å². The summed E-state index contributed by atoms with van der Waals surface area (Å²) in [5.74, 6) is 0. The Balaban J connectivity index is 2.26. The van der Waals surface area contributed by atoms with Gasteiger partial charge in [0.25, 0.3) is 0 Å². The molecule has 1 aliphatic rings. The maximum atomic E-state index is 15.0. The van der Waals surface area contributed by atoms with Gasteiger partial charge in [0, 0.05) is 11.5 Å². The molecule has 1 aromatic rings. The van der Waals surface area contributed by atoms with Crippen LogP contribution in [0.2, 0.25) is 0 Å². The van der Waals surface area contributed by atoms with Crippen LogP contribution in [-0.4, -0.2) is 31.5 Å². The number of halogens is 1. The van der Waals surface area contributed by atoms with Crippen molar-refractivity contribution >= 4 is 24.0 Å². The minimum Gasteiger partial charge on any atom is -0.398 e. The van der Waals surface area contributed by atoms with E-state index < -0.39 is 18.3 Å². The second-order valence-corrected chi connectivity index (χ2v) is 7.29. The summed E-state index contributed by atoms with van der Waals surface area (Å²) in [6, 6.07) is 3.83. The van der Waals surface area contributed by atoms with E-state index in [2.05, 4.69) is 0 Å². The third-order valence-electron chi connectivity index (χ3n) is 4.27. The summed E-state index contributed by atoms with van der Waals surface area (Å²) in [4.78, 5) is 0.895. The number of hydrogen-bond acceptors (Lipinski definition) is 4. The monoisotopic (exact) mass is 326 g/mol. The largest absolute Gasteiger partial charge is 0.525 e. The number of rotatable bonds is 6. The van der Waals surface area contributed by atoms with Gasteiger partial charge in [0.15, 0.2) is 0 Å². The van der Waals surface area contributed by atoms with Crippen molar-refractivity contribution in [2.24, 2.45) is 0 Å². The fraction of sp³-hybridized carbons (Fsp3) is 0.625. The fourth-order valence-corrected chi connectivity index (χ4v) is 3.02. The molecule has 22 heavy (non-hydrogen) atoms. The molecule has 1 saturated heterocycles. The van der Waals surface area contributed by atoms with Crippen molar-refractivity contribution in [3.63, 3.8) is 0 Å². The van der Waals surface area contributed by atoms with Crippen LogP contribution in [0.15, 0.2) is 23.2 Å². The van der Waals surface area contributed by atoms with E-state index in [9.17, 15) is 0 Å². The van der Waals surface area contributed by atoms with E-state index in [0.29, 0.717) is 25.2 Å². The maximum absolute atomic E-state index is 15.0. The van der Waals surface area contributed by atoms with Gasteiger partial charge in [-0.05, 0) is 58.1 Å². The van der Waals surface area contributed by atoms with Crippen LogP contribution in [0.25, 0.3) is 5.57 Å². The zero-order valence-corrected chi connectivity index (χ0v) is 14.8. The average molecular weight is 326 g/mol. The Morgan fingerprint density at radius 1 is 1.27 bits per heavy atom. The molecule has 0 amide bonds. The zero-order chi connectivity index (χ0) is 16.4. The Morgan fingerprint density at radius 2 is 1.91 bits per heavy atom. The molecule has 0 aromatic carbocycles. The fourth-order valence-electron chi connectivity index (χ4n) is 2.22. The molecule has 0 aliphatic carbocycles. The lowest BCUT2D eigenvalue weighted by atomic mass is 9.83. The SMILES string of the molecule is CCOCCC(=C(F)B1OC(C)(C)C(C)(C)O1)c1cccs1. The first-order chi connectivity index (χ1) is 10.3. The van der Waals surface area contributed by atoms with Crippen molar-refractivity contribution in [3.05, 3.63) is 28.1 Å². The molecule has 0 bridgehead atoms. The molecule has 0 saturated carbocycles. The Labute approximate surface area is 136 Å². The predicted molar refractivity (Wildman–Crippen MR) is 89.5 cm³/mol. The van der Waals surface area contributed by atoms with Gasteiger partial charge in [-0.15, -0.1) is 11.3 Å². The van der Waals surface area contributed by atoms with Gasteiger partial charge in [-0.25, -0.2) is 4.39 Å². The Hall–Kier alpha value is -0.685. The molecule has 0 N–H and O–H groups in total. The maximum Gasteiger partial charge on any atom is 0.525 e. The molecule has 0 unspecified atom stereocenters. The lowest BCUT2D eigenvalue weighted by Crippen LogP contribution is -2.41. The summed E-state index contributed by atoms with van der Waals surface area (Å²) in [5.41, 5.74) is -0.826. The summed E-state index contributed by atoms with van der Waals surface area (Å²) in [6.45, 7) is 10.7. The highest BCUT2D eigenvalue weighted by Gasteiger charge is 2.53. The van der Waals surface area contributed by atoms with Gasteiger partial charge >= 0.3 is 7.12 Å². The first-order valence-corrected chi connectivity index (χ1v) is 8.52. The summed E-state index contributed by atoms with van der Waals surface area (Å²) in [7, 11) is -0.955. The quantitative estimate of drug-likeness (QED) is 0.569. The van der Waals surface area contributed by atoms with E-state index in [1.807, 2.05) is 52.1 Å². The first kappa shape index (κ1) is 17.7. The van der Waals surface area contributed by atoms with E-state index in [0.717, 1.165) is 4.88 Å². The van der Waals surface area contributed by atoms with Crippen LogP contribution in [0.1, 0.15) is 45.9 Å². The zero-order valence-electron chi connectivity index (χ0n) is 13.9. The number of hydrogen-bond donors (Lipinski definition) is 0. The third-order valence-corrected chi connectivity index (χ3v) is 5.20. The highest BCUT2D eigenvalue weighted by Crippen LogP contribution is 2.41. The van der Waals surface area contributed by atoms with E-state index in [4.69, 9.17) is 14.0 Å². The van der Waals surface area contributed by atoms with Crippen LogP contribution in [0.3, 0.4) is 0 Å². The van der Waals surface area contributed by atoms with Crippen LogP contribution in [0, 0.1) is 0 Å². The van der Waals surface area contributed by atoms with Crippen LogP contribution in [-0.2, 0) is 14.0 Å². The summed E-state index contributed by atoms with van der Waals surface area (Å²) in [5, 5.41) is 1.94. The normalized spacial score (nSPS) is 21.1. The Kier molecular flexibility index (Phi) is 5.48. The Morgan fingerprint density at radius 3 is 2.41 bits per heavy atom. The van der Waals surface area contributed by atoms with Crippen molar-refractivity contribution in [3.8, 4) is 0 Å². The number of ether oxygens (including phenoxy) is 1. The van der Waals surface area contributed by atoms with Crippen molar-refractivity contribution in [2.75, 3.05) is 13.2 Å². The minimum absolute atomic E-state index is 0.346. The number of thiophene rings is 1. The lowest BCUT2D eigenvalue weighted by Gasteiger charge is -2.32. The molecule has 2 heterocycles. The molecule has 3 nitrogen and oxygen atoms in total. The van der Waals surface area contributed by atoms with Gasteiger partial charge in [-0.3, -0.25) is 0 Å². The summed E-state index contributed by atoms with van der Waals surface area (Å²) < 4.78 is 32.0. The van der Waals surface area contributed by atoms with Gasteiger partial charge in [0.1, 0.15) is 5.73 Å². The summed E-state index contributed by atoms with van der Waals surface area (Å²) >= 11 is 1.51. The van der Waals surface area contributed by atoms with Gasteiger partial charge in [-0.1, -0.05) is 6.07 Å². The molecule has 122 valence electrons. The molecule has 0 radical (unpaired) electrons. The third kappa shape index (κ3) is 3.62. The van der Waals surface area contributed by atoms with Crippen molar-refractivity contribution < 1.29 is 18.4 Å². The highest BCUT2D eigenvalue weighted by molar-refractivity contribution is 7.11. The molecule has 2 rings (SSSR count). The second kappa shape index (κ2) is 6.83. The van der Waals surface area contributed by atoms with Crippen LogP contribution in [0.5, 0.6) is 0 Å². The topological polar surface area (TPSA) is 27.7 Å². The predicted octanol–water partition coefficient (Wildman–Crippen LogP) is 4.49. The molecular formula is C16H24BFO3S.